The van der Waals surface area contributed by atoms with Gasteiger partial charge in [-0.15, -0.1) is 11.3 Å². The summed E-state index contributed by atoms with van der Waals surface area (Å²) in [6.45, 7) is 0.132. The second-order valence-electron chi connectivity index (χ2n) is 6.44. The highest BCUT2D eigenvalue weighted by atomic mass is 32.2. The number of rotatable bonds is 9. The quantitative estimate of drug-likeness (QED) is 0.455. The molecule has 3 rings (SSSR count). The maximum Gasteiger partial charge on any atom is 0.255 e. The third-order valence-corrected chi connectivity index (χ3v) is 6.42. The second-order valence-corrected chi connectivity index (χ2v) is 9.24. The number of carbonyl (C=O) groups is 2. The lowest BCUT2D eigenvalue weighted by molar-refractivity contribution is -0.119. The van der Waals surface area contributed by atoms with Crippen LogP contribution in [0, 0.1) is 0 Å². The Labute approximate surface area is 184 Å². The number of carbonyl (C=O) groups excluding carboxylic acids is 2. The van der Waals surface area contributed by atoms with Gasteiger partial charge in [0.25, 0.3) is 5.91 Å². The van der Waals surface area contributed by atoms with E-state index >= 15 is 0 Å². The van der Waals surface area contributed by atoms with Crippen LogP contribution >= 0.6 is 11.3 Å². The molecule has 0 radical (unpaired) electrons. The van der Waals surface area contributed by atoms with Crippen molar-refractivity contribution in [3.05, 3.63) is 76.5 Å². The number of anilines is 2. The molecule has 0 saturated carbocycles. The van der Waals surface area contributed by atoms with E-state index in [1.54, 1.807) is 24.3 Å². The third-order valence-electron chi connectivity index (χ3n) is 4.12. The second kappa shape index (κ2) is 10.3. The molecule has 0 aliphatic heterocycles. The zero-order valence-electron chi connectivity index (χ0n) is 16.6. The maximum absolute atomic E-state index is 12.5. The van der Waals surface area contributed by atoms with Gasteiger partial charge in [0.05, 0.1) is 4.90 Å². The van der Waals surface area contributed by atoms with Gasteiger partial charge in [0, 0.05) is 35.5 Å². The standard InChI is InChI=1S/C21H21N3O5S2/c1-29-14-20(25)23-16-4-2-5-17(12-16)24-21(26)15-7-9-19(10-8-15)31(27,28)22-13-18-6-3-11-30-18/h2-12,22H,13-14H2,1H3,(H,23,25)(H,24,26). The van der Waals surface area contributed by atoms with E-state index in [2.05, 4.69) is 15.4 Å². The van der Waals surface area contributed by atoms with E-state index in [1.807, 2.05) is 17.5 Å². The van der Waals surface area contributed by atoms with Crippen molar-refractivity contribution in [1.82, 2.24) is 4.72 Å². The van der Waals surface area contributed by atoms with Crippen molar-refractivity contribution in [2.24, 2.45) is 0 Å². The molecule has 31 heavy (non-hydrogen) atoms. The van der Waals surface area contributed by atoms with Gasteiger partial charge in [0.2, 0.25) is 15.9 Å². The summed E-state index contributed by atoms with van der Waals surface area (Å²) in [5, 5.41) is 7.25. The monoisotopic (exact) mass is 459 g/mol. The van der Waals surface area contributed by atoms with Gasteiger partial charge in [-0.25, -0.2) is 13.1 Å². The smallest absolute Gasteiger partial charge is 0.255 e. The Morgan fingerprint density at radius 2 is 1.68 bits per heavy atom. The lowest BCUT2D eigenvalue weighted by atomic mass is 10.2. The largest absolute Gasteiger partial charge is 0.375 e. The third kappa shape index (κ3) is 6.46. The molecule has 2 amide bonds. The molecule has 10 heteroatoms. The molecular formula is C21H21N3O5S2. The molecule has 0 bridgehead atoms. The summed E-state index contributed by atoms with van der Waals surface area (Å²) in [5.74, 6) is -0.716. The van der Waals surface area contributed by atoms with Crippen LogP contribution in [0.1, 0.15) is 15.2 Å². The summed E-state index contributed by atoms with van der Waals surface area (Å²) in [5.41, 5.74) is 1.29. The van der Waals surface area contributed by atoms with Gasteiger partial charge >= 0.3 is 0 Å². The number of nitrogens with one attached hydrogen (secondary N) is 3. The van der Waals surface area contributed by atoms with Crippen LogP contribution < -0.4 is 15.4 Å². The number of ether oxygens (including phenoxy) is 1. The highest BCUT2D eigenvalue weighted by molar-refractivity contribution is 7.89. The van der Waals surface area contributed by atoms with E-state index in [4.69, 9.17) is 4.74 Å². The molecule has 1 aromatic heterocycles. The minimum Gasteiger partial charge on any atom is -0.375 e. The average Bonchev–Trinajstić information content (AvgIpc) is 3.27. The molecule has 0 spiro atoms. The summed E-state index contributed by atoms with van der Waals surface area (Å²) >= 11 is 1.46. The summed E-state index contributed by atoms with van der Waals surface area (Å²) in [4.78, 5) is 25.1. The number of thiophene rings is 1. The number of amides is 2. The fourth-order valence-corrected chi connectivity index (χ4v) is 4.40. The van der Waals surface area contributed by atoms with E-state index in [9.17, 15) is 18.0 Å². The Kier molecular flexibility index (Phi) is 7.53. The van der Waals surface area contributed by atoms with E-state index in [1.165, 1.54) is 42.7 Å². The van der Waals surface area contributed by atoms with Gasteiger partial charge in [0.1, 0.15) is 6.61 Å². The van der Waals surface area contributed by atoms with E-state index in [-0.39, 0.29) is 24.0 Å². The van der Waals surface area contributed by atoms with Crippen molar-refractivity contribution in [3.8, 4) is 0 Å². The van der Waals surface area contributed by atoms with Crippen molar-refractivity contribution < 1.29 is 22.7 Å². The van der Waals surface area contributed by atoms with Gasteiger partial charge in [-0.1, -0.05) is 12.1 Å². The zero-order valence-corrected chi connectivity index (χ0v) is 18.3. The molecule has 0 atom stereocenters. The van der Waals surface area contributed by atoms with Crippen LogP contribution in [0.4, 0.5) is 11.4 Å². The summed E-state index contributed by atoms with van der Waals surface area (Å²) < 4.78 is 32.1. The van der Waals surface area contributed by atoms with E-state index in [0.29, 0.717) is 16.9 Å². The first-order chi connectivity index (χ1) is 14.9. The lowest BCUT2D eigenvalue weighted by Crippen LogP contribution is -2.23. The SMILES string of the molecule is COCC(=O)Nc1cccc(NC(=O)c2ccc(S(=O)(=O)NCc3cccs3)cc2)c1. The van der Waals surface area contributed by atoms with Gasteiger partial charge in [-0.05, 0) is 53.9 Å². The molecule has 0 fully saturated rings. The van der Waals surface area contributed by atoms with Crippen molar-refractivity contribution in [3.63, 3.8) is 0 Å². The van der Waals surface area contributed by atoms with Crippen LogP contribution in [0.15, 0.2) is 70.9 Å². The van der Waals surface area contributed by atoms with E-state index in [0.717, 1.165) is 4.88 Å². The average molecular weight is 460 g/mol. The van der Waals surface area contributed by atoms with E-state index < -0.39 is 15.9 Å². The maximum atomic E-state index is 12.5. The Bertz CT molecular complexity index is 1140. The molecule has 0 aliphatic rings. The molecule has 8 nitrogen and oxygen atoms in total. The minimum atomic E-state index is -3.69. The predicted octanol–water partition coefficient (Wildman–Crippen LogP) is 3.06. The highest BCUT2D eigenvalue weighted by Gasteiger charge is 2.15. The topological polar surface area (TPSA) is 114 Å². The first kappa shape index (κ1) is 22.6. The Balaban J connectivity index is 1.63. The number of hydrogen-bond acceptors (Lipinski definition) is 6. The van der Waals surface area contributed by atoms with Crippen LogP contribution in [-0.2, 0) is 26.1 Å². The van der Waals surface area contributed by atoms with Gasteiger partial charge in [-0.2, -0.15) is 0 Å². The molecule has 3 aromatic rings. The van der Waals surface area contributed by atoms with Crippen LogP contribution in [0.2, 0.25) is 0 Å². The molecule has 3 N–H and O–H groups in total. The van der Waals surface area contributed by atoms with Crippen molar-refractivity contribution in [1.29, 1.82) is 0 Å². The number of sulfonamides is 1. The van der Waals surface area contributed by atoms with Gasteiger partial charge in [0.15, 0.2) is 0 Å². The van der Waals surface area contributed by atoms with Crippen LogP contribution in [0.3, 0.4) is 0 Å². The van der Waals surface area contributed by atoms with Crippen molar-refractivity contribution in [2.75, 3.05) is 24.4 Å². The number of methoxy groups -OCH3 is 1. The normalized spacial score (nSPS) is 11.1. The van der Waals surface area contributed by atoms with Crippen LogP contribution in [0.5, 0.6) is 0 Å². The molecule has 0 unspecified atom stereocenters. The molecule has 162 valence electrons. The molecular weight excluding hydrogens is 438 g/mol. The molecule has 0 saturated heterocycles. The fourth-order valence-electron chi connectivity index (χ4n) is 2.65. The first-order valence-corrected chi connectivity index (χ1v) is 11.6. The summed E-state index contributed by atoms with van der Waals surface area (Å²) in [6, 6.07) is 16.0. The number of hydrogen-bond donors (Lipinski definition) is 3. The summed E-state index contributed by atoms with van der Waals surface area (Å²) in [7, 11) is -2.26. The number of benzene rings is 2. The predicted molar refractivity (Wildman–Crippen MR) is 120 cm³/mol. The van der Waals surface area contributed by atoms with Crippen LogP contribution in [0.25, 0.3) is 0 Å². The van der Waals surface area contributed by atoms with Crippen molar-refractivity contribution in [2.45, 2.75) is 11.4 Å². The molecule has 0 aliphatic carbocycles. The summed E-state index contributed by atoms with van der Waals surface area (Å²) in [6.07, 6.45) is 0. The minimum absolute atomic E-state index is 0.0726. The highest BCUT2D eigenvalue weighted by Crippen LogP contribution is 2.18. The Morgan fingerprint density at radius 1 is 0.968 bits per heavy atom. The molecule has 1 heterocycles. The first-order valence-electron chi connectivity index (χ1n) is 9.20. The fraction of sp³-hybridized carbons (Fsp3) is 0.143. The van der Waals surface area contributed by atoms with Gasteiger partial charge < -0.3 is 15.4 Å². The molecule has 2 aromatic carbocycles. The van der Waals surface area contributed by atoms with Crippen LogP contribution in [-0.4, -0.2) is 33.9 Å². The van der Waals surface area contributed by atoms with Crippen molar-refractivity contribution >= 4 is 44.5 Å². The lowest BCUT2D eigenvalue weighted by Gasteiger charge is -2.10. The Hall–Kier alpha value is -3.05. The van der Waals surface area contributed by atoms with Gasteiger partial charge in [-0.3, -0.25) is 9.59 Å². The Morgan fingerprint density at radius 3 is 2.32 bits per heavy atom. The zero-order chi connectivity index (χ0) is 22.3.